The van der Waals surface area contributed by atoms with Crippen LogP contribution < -0.4 is 5.76 Å². The Bertz CT molecular complexity index is 535. The van der Waals surface area contributed by atoms with Gasteiger partial charge in [-0.2, -0.15) is 0 Å². The van der Waals surface area contributed by atoms with E-state index >= 15 is 0 Å². The molecular weight excluding hydrogens is 223 g/mol. The van der Waals surface area contributed by atoms with Gasteiger partial charge in [0.2, 0.25) is 0 Å². The van der Waals surface area contributed by atoms with Crippen molar-refractivity contribution in [2.75, 3.05) is 0 Å². The fraction of sp³-hybridized carbons (Fsp3) is 0.111. The van der Waals surface area contributed by atoms with Crippen molar-refractivity contribution in [2.45, 2.75) is 6.42 Å². The fourth-order valence-corrected chi connectivity index (χ4v) is 1.40. The highest BCUT2D eigenvalue weighted by molar-refractivity contribution is 6.30. The summed E-state index contributed by atoms with van der Waals surface area (Å²) in [6.45, 7) is 0. The monoisotopic (exact) mass is 228 g/mol. The Morgan fingerprint density at radius 1 is 1.53 bits per heavy atom. The normalized spacial score (nSPS) is 10.5. The summed E-state index contributed by atoms with van der Waals surface area (Å²) >= 11 is 5.59. The molecule has 1 aromatic heterocycles. The maximum Gasteiger partial charge on any atom is 0.438 e. The Labute approximate surface area is 88.7 Å². The number of H-pyrrole nitrogens is 1. The second-order valence-electron chi connectivity index (χ2n) is 2.93. The maximum absolute atomic E-state index is 13.4. The number of hydrogen-bond acceptors (Lipinski definition) is 3. The Morgan fingerprint density at radius 2 is 2.33 bits per heavy atom. The second-order valence-corrected chi connectivity index (χ2v) is 3.34. The van der Waals surface area contributed by atoms with Crippen LogP contribution in [0, 0.1) is 5.82 Å². The van der Waals surface area contributed by atoms with Crippen LogP contribution in [-0.2, 0) is 6.42 Å². The van der Waals surface area contributed by atoms with Crippen molar-refractivity contribution in [1.82, 2.24) is 10.1 Å². The number of nitrogens with zero attached hydrogens (tertiary/aromatic N) is 1. The molecule has 4 nitrogen and oxygen atoms in total. The van der Waals surface area contributed by atoms with Gasteiger partial charge in [0.25, 0.3) is 0 Å². The number of halogens is 2. The molecule has 0 spiro atoms. The van der Waals surface area contributed by atoms with Gasteiger partial charge in [0.05, 0.1) is 5.02 Å². The first-order chi connectivity index (χ1) is 7.16. The number of benzene rings is 1. The Balaban J connectivity index is 2.32. The van der Waals surface area contributed by atoms with Crippen molar-refractivity contribution in [1.29, 1.82) is 0 Å². The van der Waals surface area contributed by atoms with E-state index in [9.17, 15) is 9.18 Å². The van der Waals surface area contributed by atoms with E-state index in [2.05, 4.69) is 14.7 Å². The number of hydrogen-bond donors (Lipinski definition) is 1. The Hall–Kier alpha value is -1.62. The summed E-state index contributed by atoms with van der Waals surface area (Å²) in [5.74, 6) is -0.906. The van der Waals surface area contributed by atoms with Crippen LogP contribution in [0.25, 0.3) is 0 Å². The first kappa shape index (κ1) is 9.92. The van der Waals surface area contributed by atoms with E-state index in [-0.39, 0.29) is 17.3 Å². The van der Waals surface area contributed by atoms with Crippen molar-refractivity contribution in [3.63, 3.8) is 0 Å². The van der Waals surface area contributed by atoms with Crippen LogP contribution in [0.1, 0.15) is 11.4 Å². The molecule has 0 atom stereocenters. The molecule has 0 unspecified atom stereocenters. The number of rotatable bonds is 2. The zero-order valence-corrected chi connectivity index (χ0v) is 8.21. The molecule has 78 valence electrons. The topological polar surface area (TPSA) is 58.9 Å². The molecule has 0 fully saturated rings. The molecule has 6 heteroatoms. The average Bonchev–Trinajstić information content (AvgIpc) is 2.59. The maximum atomic E-state index is 13.4. The lowest BCUT2D eigenvalue weighted by Crippen LogP contribution is -1.99. The van der Waals surface area contributed by atoms with Crippen LogP contribution >= 0.6 is 11.6 Å². The van der Waals surface area contributed by atoms with Gasteiger partial charge in [0.1, 0.15) is 5.82 Å². The lowest BCUT2D eigenvalue weighted by Gasteiger charge is -2.00. The number of aromatic nitrogens is 2. The summed E-state index contributed by atoms with van der Waals surface area (Å²) in [7, 11) is 0. The largest absolute Gasteiger partial charge is 0.438 e. The zero-order valence-electron chi connectivity index (χ0n) is 7.46. The minimum Gasteiger partial charge on any atom is -0.296 e. The molecule has 0 saturated carbocycles. The van der Waals surface area contributed by atoms with Crippen LogP contribution in [0.15, 0.2) is 27.5 Å². The van der Waals surface area contributed by atoms with Crippen molar-refractivity contribution < 1.29 is 8.91 Å². The molecule has 2 aromatic rings. The summed E-state index contributed by atoms with van der Waals surface area (Å²) in [4.78, 5) is 13.0. The highest BCUT2D eigenvalue weighted by Gasteiger charge is 2.09. The third kappa shape index (κ3) is 2.07. The lowest BCUT2D eigenvalue weighted by atomic mass is 10.1. The molecule has 0 aliphatic heterocycles. The van der Waals surface area contributed by atoms with Crippen LogP contribution in [0.4, 0.5) is 4.39 Å². The van der Waals surface area contributed by atoms with Gasteiger partial charge in [0, 0.05) is 6.42 Å². The predicted molar refractivity (Wildman–Crippen MR) is 51.3 cm³/mol. The minimum atomic E-state index is -0.660. The predicted octanol–water partition coefficient (Wildman–Crippen LogP) is 1.75. The van der Waals surface area contributed by atoms with Crippen LogP contribution in [0.2, 0.25) is 5.02 Å². The molecule has 0 saturated heterocycles. The van der Waals surface area contributed by atoms with Gasteiger partial charge in [-0.15, -0.1) is 0 Å². The number of aromatic amines is 1. The highest BCUT2D eigenvalue weighted by atomic mass is 35.5. The summed E-state index contributed by atoms with van der Waals surface area (Å²) in [5.41, 5.74) is 0.354. The van der Waals surface area contributed by atoms with Crippen molar-refractivity contribution in [3.8, 4) is 0 Å². The van der Waals surface area contributed by atoms with Gasteiger partial charge in [-0.3, -0.25) is 9.51 Å². The van der Waals surface area contributed by atoms with Gasteiger partial charge in [-0.25, -0.2) is 9.18 Å². The molecular formula is C9H6ClFN2O2. The molecule has 1 heterocycles. The lowest BCUT2D eigenvalue weighted by molar-refractivity contribution is 0.382. The summed E-state index contributed by atoms with van der Waals surface area (Å²) in [6.07, 6.45) is 0.137. The zero-order chi connectivity index (χ0) is 10.8. The van der Waals surface area contributed by atoms with E-state index < -0.39 is 11.6 Å². The van der Waals surface area contributed by atoms with Gasteiger partial charge < -0.3 is 0 Å². The molecule has 0 radical (unpaired) electrons. The van der Waals surface area contributed by atoms with Gasteiger partial charge in [0.15, 0.2) is 5.82 Å². The van der Waals surface area contributed by atoms with Crippen molar-refractivity contribution in [2.24, 2.45) is 0 Å². The summed E-state index contributed by atoms with van der Waals surface area (Å²) < 4.78 is 17.7. The molecule has 0 bridgehead atoms. The Kier molecular flexibility index (Phi) is 2.55. The molecule has 15 heavy (non-hydrogen) atoms. The van der Waals surface area contributed by atoms with Crippen LogP contribution in [-0.4, -0.2) is 10.1 Å². The standard InChI is InChI=1S/C9H6ClFN2O2/c10-6-3-1-2-5(8(6)11)4-7-12-9(14)15-13-7/h1-3H,4H2,(H,12,13,14). The first-order valence-corrected chi connectivity index (χ1v) is 4.52. The van der Waals surface area contributed by atoms with Gasteiger partial charge in [-0.05, 0) is 11.6 Å². The molecule has 1 aromatic carbocycles. The fourth-order valence-electron chi connectivity index (χ4n) is 1.20. The van der Waals surface area contributed by atoms with E-state index in [1.54, 1.807) is 12.1 Å². The van der Waals surface area contributed by atoms with E-state index in [1.165, 1.54) is 6.07 Å². The second kappa shape index (κ2) is 3.86. The van der Waals surface area contributed by atoms with Crippen molar-refractivity contribution >= 4 is 11.6 Å². The van der Waals surface area contributed by atoms with Crippen molar-refractivity contribution in [3.05, 3.63) is 51.0 Å². The van der Waals surface area contributed by atoms with Gasteiger partial charge in [-0.1, -0.05) is 28.9 Å². The summed E-state index contributed by atoms with van der Waals surface area (Å²) in [6, 6.07) is 4.64. The third-order valence-electron chi connectivity index (χ3n) is 1.87. The Morgan fingerprint density at radius 3 is 3.00 bits per heavy atom. The molecule has 1 N–H and O–H groups in total. The molecule has 2 rings (SSSR count). The average molecular weight is 229 g/mol. The first-order valence-electron chi connectivity index (χ1n) is 4.14. The molecule has 0 aliphatic carbocycles. The van der Waals surface area contributed by atoms with E-state index in [0.29, 0.717) is 5.56 Å². The van der Waals surface area contributed by atoms with E-state index in [0.717, 1.165) is 0 Å². The third-order valence-corrected chi connectivity index (χ3v) is 2.17. The smallest absolute Gasteiger partial charge is 0.296 e. The van der Waals surface area contributed by atoms with E-state index in [4.69, 9.17) is 11.6 Å². The van der Waals surface area contributed by atoms with Crippen LogP contribution in [0.5, 0.6) is 0 Å². The molecule has 0 aliphatic rings. The quantitative estimate of drug-likeness (QED) is 0.852. The highest BCUT2D eigenvalue weighted by Crippen LogP contribution is 2.19. The van der Waals surface area contributed by atoms with E-state index in [1.807, 2.05) is 0 Å². The summed E-state index contributed by atoms with van der Waals surface area (Å²) in [5, 5.41) is 3.47. The SMILES string of the molecule is O=c1[nH]c(Cc2cccc(Cl)c2F)no1. The molecule has 0 amide bonds. The van der Waals surface area contributed by atoms with Crippen LogP contribution in [0.3, 0.4) is 0 Å². The van der Waals surface area contributed by atoms with Gasteiger partial charge >= 0.3 is 5.76 Å². The number of nitrogens with one attached hydrogen (secondary N) is 1. The minimum absolute atomic E-state index is 0.0401.